The monoisotopic (exact) mass is 313 g/mol. The van der Waals surface area contributed by atoms with Gasteiger partial charge in [-0.1, -0.05) is 6.07 Å². The van der Waals surface area contributed by atoms with E-state index in [9.17, 15) is 9.18 Å². The number of amides is 1. The molecule has 0 spiro atoms. The number of benzene rings is 2. The number of fused-ring (bicyclic) bond motifs is 1. The van der Waals surface area contributed by atoms with Crippen LogP contribution in [0.15, 0.2) is 47.1 Å². The number of hydrogen-bond acceptors (Lipinski definition) is 3. The van der Waals surface area contributed by atoms with Crippen LogP contribution in [0.2, 0.25) is 0 Å². The Morgan fingerprint density at radius 3 is 2.87 bits per heavy atom. The highest BCUT2D eigenvalue weighted by molar-refractivity contribution is 5.95. The maximum absolute atomic E-state index is 13.7. The van der Waals surface area contributed by atoms with Crippen molar-refractivity contribution in [1.82, 2.24) is 0 Å². The van der Waals surface area contributed by atoms with Crippen molar-refractivity contribution >= 4 is 22.6 Å². The minimum absolute atomic E-state index is 0.104. The van der Waals surface area contributed by atoms with Crippen molar-refractivity contribution in [2.75, 3.05) is 12.4 Å². The molecule has 3 rings (SSSR count). The van der Waals surface area contributed by atoms with E-state index in [1.807, 2.05) is 13.0 Å². The summed E-state index contributed by atoms with van der Waals surface area (Å²) < 4.78 is 24.3. The first-order valence-corrected chi connectivity index (χ1v) is 7.17. The molecule has 0 fully saturated rings. The van der Waals surface area contributed by atoms with Crippen LogP contribution in [-0.4, -0.2) is 13.0 Å². The molecule has 1 aromatic heterocycles. The summed E-state index contributed by atoms with van der Waals surface area (Å²) in [5.74, 6) is -0.0663. The largest absolute Gasteiger partial charge is 0.497 e. The lowest BCUT2D eigenvalue weighted by Gasteiger charge is -2.07. The van der Waals surface area contributed by atoms with Gasteiger partial charge in [-0.2, -0.15) is 0 Å². The molecule has 0 aliphatic carbocycles. The van der Waals surface area contributed by atoms with Crippen LogP contribution in [0.3, 0.4) is 0 Å². The predicted octanol–water partition coefficient (Wildman–Crippen LogP) is 4.07. The molecule has 0 radical (unpaired) electrons. The van der Waals surface area contributed by atoms with E-state index in [0.717, 1.165) is 16.5 Å². The number of furan rings is 1. The van der Waals surface area contributed by atoms with Gasteiger partial charge in [-0.05, 0) is 36.8 Å². The van der Waals surface area contributed by atoms with Crippen LogP contribution in [0, 0.1) is 12.7 Å². The average Bonchev–Trinajstić information content (AvgIpc) is 2.93. The highest BCUT2D eigenvalue weighted by atomic mass is 19.1. The van der Waals surface area contributed by atoms with E-state index < -0.39 is 5.82 Å². The zero-order chi connectivity index (χ0) is 16.4. The summed E-state index contributed by atoms with van der Waals surface area (Å²) in [4.78, 5) is 12.2. The number of hydrogen-bond donors (Lipinski definition) is 1. The summed E-state index contributed by atoms with van der Waals surface area (Å²) in [6, 6.07) is 10.0. The van der Waals surface area contributed by atoms with Gasteiger partial charge in [-0.25, -0.2) is 4.39 Å². The average molecular weight is 313 g/mol. The second kappa shape index (κ2) is 6.12. The molecule has 0 atom stereocenters. The second-order valence-electron chi connectivity index (χ2n) is 5.33. The maximum Gasteiger partial charge on any atom is 0.229 e. The van der Waals surface area contributed by atoms with Gasteiger partial charge in [0.2, 0.25) is 5.91 Å². The van der Waals surface area contributed by atoms with Crippen molar-refractivity contribution in [2.45, 2.75) is 13.3 Å². The van der Waals surface area contributed by atoms with Crippen molar-refractivity contribution in [3.05, 3.63) is 59.6 Å². The highest BCUT2D eigenvalue weighted by Crippen LogP contribution is 2.26. The van der Waals surface area contributed by atoms with Crippen molar-refractivity contribution < 1.29 is 18.3 Å². The number of carbonyl (C=O) groups is 1. The number of halogens is 1. The van der Waals surface area contributed by atoms with Crippen molar-refractivity contribution in [2.24, 2.45) is 0 Å². The van der Waals surface area contributed by atoms with E-state index in [2.05, 4.69) is 5.32 Å². The van der Waals surface area contributed by atoms with Crippen LogP contribution in [0.25, 0.3) is 11.0 Å². The summed E-state index contributed by atoms with van der Waals surface area (Å²) in [6.45, 7) is 1.84. The third-order valence-corrected chi connectivity index (χ3v) is 3.61. The molecule has 0 aliphatic heterocycles. The Balaban J connectivity index is 1.79. The zero-order valence-corrected chi connectivity index (χ0v) is 12.9. The summed E-state index contributed by atoms with van der Waals surface area (Å²) in [5.41, 5.74) is 2.45. The molecule has 0 saturated carbocycles. The molecule has 3 aromatic rings. The van der Waals surface area contributed by atoms with E-state index in [1.165, 1.54) is 12.3 Å². The van der Waals surface area contributed by atoms with Gasteiger partial charge < -0.3 is 14.5 Å². The fraction of sp³-hybridized carbons (Fsp3) is 0.167. The normalized spacial score (nSPS) is 10.7. The molecule has 0 aliphatic rings. The van der Waals surface area contributed by atoms with Gasteiger partial charge in [0.05, 0.1) is 25.5 Å². The van der Waals surface area contributed by atoms with Gasteiger partial charge >= 0.3 is 0 Å². The number of aryl methyl sites for hydroxylation is 1. The molecule has 0 saturated heterocycles. The fourth-order valence-electron chi connectivity index (χ4n) is 2.43. The van der Waals surface area contributed by atoms with Crippen molar-refractivity contribution in [1.29, 1.82) is 0 Å². The molecule has 118 valence electrons. The van der Waals surface area contributed by atoms with Gasteiger partial charge in [0.1, 0.15) is 17.1 Å². The van der Waals surface area contributed by atoms with Crippen LogP contribution in [0.5, 0.6) is 5.75 Å². The number of anilines is 1. The van der Waals surface area contributed by atoms with Crippen LogP contribution >= 0.6 is 0 Å². The van der Waals surface area contributed by atoms with E-state index in [-0.39, 0.29) is 18.0 Å². The standard InChI is InChI=1S/C18H16FNO3/c1-11-3-6-15(19)16(7-11)20-18(21)8-12-10-23-17-9-13(22-2)4-5-14(12)17/h3-7,9-10H,8H2,1-2H3,(H,20,21). The quantitative estimate of drug-likeness (QED) is 0.790. The first-order valence-electron chi connectivity index (χ1n) is 7.17. The molecule has 1 N–H and O–H groups in total. The van der Waals surface area contributed by atoms with Crippen LogP contribution < -0.4 is 10.1 Å². The van der Waals surface area contributed by atoms with Gasteiger partial charge in [0, 0.05) is 17.0 Å². The van der Waals surface area contributed by atoms with Crippen molar-refractivity contribution in [3.8, 4) is 5.75 Å². The third-order valence-electron chi connectivity index (χ3n) is 3.61. The van der Waals surface area contributed by atoms with Gasteiger partial charge in [-0.3, -0.25) is 4.79 Å². The number of ether oxygens (including phenoxy) is 1. The molecule has 4 nitrogen and oxygen atoms in total. The second-order valence-corrected chi connectivity index (χ2v) is 5.33. The number of rotatable bonds is 4. The Kier molecular flexibility index (Phi) is 4.02. The Bertz CT molecular complexity index is 870. The summed E-state index contributed by atoms with van der Waals surface area (Å²) in [7, 11) is 1.58. The zero-order valence-electron chi connectivity index (χ0n) is 12.9. The lowest BCUT2D eigenvalue weighted by Crippen LogP contribution is -2.15. The summed E-state index contributed by atoms with van der Waals surface area (Å²) in [6.07, 6.45) is 1.64. The number of carbonyl (C=O) groups excluding carboxylic acids is 1. The summed E-state index contributed by atoms with van der Waals surface area (Å²) in [5, 5.41) is 3.43. The minimum atomic E-state index is -0.453. The van der Waals surface area contributed by atoms with Gasteiger partial charge in [0.25, 0.3) is 0 Å². The number of methoxy groups -OCH3 is 1. The molecule has 2 aromatic carbocycles. The first-order chi connectivity index (χ1) is 11.1. The van der Waals surface area contributed by atoms with Crippen molar-refractivity contribution in [3.63, 3.8) is 0 Å². The fourth-order valence-corrected chi connectivity index (χ4v) is 2.43. The van der Waals surface area contributed by atoms with E-state index in [0.29, 0.717) is 11.3 Å². The molecule has 0 unspecified atom stereocenters. The molecule has 23 heavy (non-hydrogen) atoms. The van der Waals surface area contributed by atoms with Crippen LogP contribution in [0.1, 0.15) is 11.1 Å². The molecular weight excluding hydrogens is 297 g/mol. The molecule has 0 bridgehead atoms. The first kappa shape index (κ1) is 15.1. The Hall–Kier alpha value is -2.82. The Morgan fingerprint density at radius 1 is 1.26 bits per heavy atom. The topological polar surface area (TPSA) is 51.5 Å². The maximum atomic E-state index is 13.7. The van der Waals surface area contributed by atoms with Gasteiger partial charge in [0.15, 0.2) is 0 Å². The Morgan fingerprint density at radius 2 is 2.09 bits per heavy atom. The van der Waals surface area contributed by atoms with E-state index in [4.69, 9.17) is 9.15 Å². The lowest BCUT2D eigenvalue weighted by molar-refractivity contribution is -0.115. The van der Waals surface area contributed by atoms with E-state index in [1.54, 1.807) is 31.4 Å². The van der Waals surface area contributed by atoms with Crippen LogP contribution in [0.4, 0.5) is 10.1 Å². The third kappa shape index (κ3) is 3.18. The van der Waals surface area contributed by atoms with Crippen LogP contribution in [-0.2, 0) is 11.2 Å². The Labute approximate surface area is 132 Å². The number of nitrogens with one attached hydrogen (secondary N) is 1. The highest BCUT2D eigenvalue weighted by Gasteiger charge is 2.13. The van der Waals surface area contributed by atoms with Gasteiger partial charge in [-0.15, -0.1) is 0 Å². The molecule has 1 heterocycles. The van der Waals surface area contributed by atoms with E-state index >= 15 is 0 Å². The predicted molar refractivity (Wildman–Crippen MR) is 86.2 cm³/mol. The SMILES string of the molecule is COc1ccc2c(CC(=O)Nc3cc(C)ccc3F)coc2c1. The molecule has 5 heteroatoms. The molecular formula is C18H16FNO3. The smallest absolute Gasteiger partial charge is 0.229 e. The lowest BCUT2D eigenvalue weighted by atomic mass is 10.1. The summed E-state index contributed by atoms with van der Waals surface area (Å²) >= 11 is 0. The molecule has 1 amide bonds. The minimum Gasteiger partial charge on any atom is -0.497 e.